The quantitative estimate of drug-likeness (QED) is 0.656. The van der Waals surface area contributed by atoms with E-state index in [0.717, 1.165) is 0 Å². The molecule has 0 amide bonds. The fraction of sp³-hybridized carbons (Fsp3) is 0.818. The first-order chi connectivity index (χ1) is 6.02. The van der Waals surface area contributed by atoms with Gasteiger partial charge in [-0.2, -0.15) is 0 Å². The Labute approximate surface area is 82.2 Å². The third-order valence-electron chi connectivity index (χ3n) is 3.03. The van der Waals surface area contributed by atoms with Crippen LogP contribution in [0.5, 0.6) is 0 Å². The molecule has 0 aliphatic carbocycles. The van der Waals surface area contributed by atoms with Crippen LogP contribution in [0.2, 0.25) is 0 Å². The number of rotatable bonds is 3. The first-order valence-corrected chi connectivity index (χ1v) is 5.12. The topological polar surface area (TPSA) is 6.48 Å². The van der Waals surface area contributed by atoms with E-state index in [2.05, 4.69) is 44.3 Å². The van der Waals surface area contributed by atoms with Gasteiger partial charge in [-0.3, -0.25) is 0 Å². The van der Waals surface area contributed by atoms with Gasteiger partial charge in [-0.15, -0.1) is 0 Å². The van der Waals surface area contributed by atoms with Crippen molar-refractivity contribution in [3.05, 3.63) is 12.3 Å². The van der Waals surface area contributed by atoms with Crippen LogP contribution in [0, 0.1) is 5.92 Å². The molecule has 1 rings (SSSR count). The highest BCUT2D eigenvalue weighted by molar-refractivity contribution is 5.00. The lowest BCUT2D eigenvalue weighted by Crippen LogP contribution is -2.34. The van der Waals surface area contributed by atoms with Crippen molar-refractivity contribution in [2.45, 2.75) is 26.3 Å². The monoisotopic (exact) mass is 182 g/mol. The molecule has 0 bridgehead atoms. The minimum atomic E-state index is 0.566. The lowest BCUT2D eigenvalue weighted by Gasteiger charge is -2.30. The zero-order valence-corrected chi connectivity index (χ0v) is 9.38. The molecule has 1 saturated heterocycles. The van der Waals surface area contributed by atoms with Gasteiger partial charge in [-0.25, -0.2) is 0 Å². The summed E-state index contributed by atoms with van der Waals surface area (Å²) in [5.41, 5.74) is 1.26. The van der Waals surface area contributed by atoms with Gasteiger partial charge in [0.2, 0.25) is 0 Å². The Morgan fingerprint density at radius 3 is 2.54 bits per heavy atom. The molecular weight excluding hydrogens is 160 g/mol. The first kappa shape index (κ1) is 10.6. The molecule has 0 spiro atoms. The largest absolute Gasteiger partial charge is 0.374 e. The van der Waals surface area contributed by atoms with Gasteiger partial charge in [0.25, 0.3) is 0 Å². The Kier molecular flexibility index (Phi) is 3.37. The maximum atomic E-state index is 4.13. The van der Waals surface area contributed by atoms with Crippen molar-refractivity contribution in [3.8, 4) is 0 Å². The van der Waals surface area contributed by atoms with E-state index in [4.69, 9.17) is 0 Å². The summed E-state index contributed by atoms with van der Waals surface area (Å²) in [6, 6.07) is 0.680. The Morgan fingerprint density at radius 2 is 2.15 bits per heavy atom. The summed E-state index contributed by atoms with van der Waals surface area (Å²) in [5, 5.41) is 0. The first-order valence-electron chi connectivity index (χ1n) is 5.12. The second-order valence-corrected chi connectivity index (χ2v) is 4.46. The number of likely N-dealkylation sites (N-methyl/N-ethyl adjacent to an activating group) is 2. The van der Waals surface area contributed by atoms with Gasteiger partial charge in [0.05, 0.1) is 0 Å². The zero-order valence-electron chi connectivity index (χ0n) is 9.38. The molecule has 0 saturated carbocycles. The van der Waals surface area contributed by atoms with Crippen LogP contribution < -0.4 is 0 Å². The van der Waals surface area contributed by atoms with Crippen molar-refractivity contribution in [3.63, 3.8) is 0 Å². The van der Waals surface area contributed by atoms with Gasteiger partial charge in [-0.05, 0) is 25.9 Å². The van der Waals surface area contributed by atoms with E-state index in [1.165, 1.54) is 25.2 Å². The van der Waals surface area contributed by atoms with Crippen LogP contribution in [-0.4, -0.2) is 43.0 Å². The highest BCUT2D eigenvalue weighted by Crippen LogP contribution is 2.19. The van der Waals surface area contributed by atoms with Crippen LogP contribution in [0.4, 0.5) is 0 Å². The normalized spacial score (nSPS) is 23.9. The lowest BCUT2D eigenvalue weighted by molar-refractivity contribution is 0.275. The highest BCUT2D eigenvalue weighted by atomic mass is 15.2. The number of nitrogens with zero attached hydrogens (tertiary/aromatic N) is 2. The second-order valence-electron chi connectivity index (χ2n) is 4.46. The molecule has 1 fully saturated rings. The molecule has 76 valence electrons. The maximum absolute atomic E-state index is 4.13. The third kappa shape index (κ3) is 2.47. The summed E-state index contributed by atoms with van der Waals surface area (Å²) < 4.78 is 0. The molecular formula is C11H22N2. The van der Waals surface area contributed by atoms with Crippen molar-refractivity contribution in [1.29, 1.82) is 0 Å². The van der Waals surface area contributed by atoms with Crippen molar-refractivity contribution >= 4 is 0 Å². The van der Waals surface area contributed by atoms with Crippen molar-refractivity contribution in [2.75, 3.05) is 27.2 Å². The standard InChI is InChI=1S/C11H22N2/c1-9(2)10(3)13(5)11-6-7-12(4)8-11/h9,11H,3,6-8H2,1-2,4-5H3. The summed E-state index contributed by atoms with van der Waals surface area (Å²) in [6.45, 7) is 10.9. The van der Waals surface area contributed by atoms with E-state index in [-0.39, 0.29) is 0 Å². The second kappa shape index (κ2) is 4.14. The summed E-state index contributed by atoms with van der Waals surface area (Å²) in [7, 11) is 4.36. The Balaban J connectivity index is 2.48. The van der Waals surface area contributed by atoms with Crippen molar-refractivity contribution in [2.24, 2.45) is 5.92 Å². The number of allylic oxidation sites excluding steroid dienone is 1. The van der Waals surface area contributed by atoms with Gasteiger partial charge >= 0.3 is 0 Å². The summed E-state index contributed by atoms with van der Waals surface area (Å²) in [6.07, 6.45) is 1.28. The molecule has 13 heavy (non-hydrogen) atoms. The van der Waals surface area contributed by atoms with Gasteiger partial charge in [-0.1, -0.05) is 20.4 Å². The molecule has 0 aromatic carbocycles. The molecule has 2 nitrogen and oxygen atoms in total. The molecule has 0 aromatic heterocycles. The Hall–Kier alpha value is -0.500. The van der Waals surface area contributed by atoms with Crippen molar-refractivity contribution < 1.29 is 0 Å². The van der Waals surface area contributed by atoms with Crippen LogP contribution in [-0.2, 0) is 0 Å². The predicted molar refractivity (Wildman–Crippen MR) is 57.6 cm³/mol. The maximum Gasteiger partial charge on any atom is 0.0422 e. The average molecular weight is 182 g/mol. The van der Waals surface area contributed by atoms with Gasteiger partial charge in [0, 0.05) is 25.3 Å². The number of hydrogen-bond acceptors (Lipinski definition) is 2. The molecule has 1 atom stereocenters. The lowest BCUT2D eigenvalue weighted by atomic mass is 10.1. The van der Waals surface area contributed by atoms with E-state index >= 15 is 0 Å². The fourth-order valence-corrected chi connectivity index (χ4v) is 1.87. The number of hydrogen-bond donors (Lipinski definition) is 0. The van der Waals surface area contributed by atoms with Gasteiger partial charge in [0.15, 0.2) is 0 Å². The van der Waals surface area contributed by atoms with E-state index < -0.39 is 0 Å². The van der Waals surface area contributed by atoms with E-state index in [0.29, 0.717) is 12.0 Å². The third-order valence-corrected chi connectivity index (χ3v) is 3.03. The summed E-state index contributed by atoms with van der Waals surface area (Å²) in [5.74, 6) is 0.566. The molecule has 1 unspecified atom stereocenters. The van der Waals surface area contributed by atoms with Gasteiger partial charge in [0.1, 0.15) is 0 Å². The summed E-state index contributed by atoms with van der Waals surface area (Å²) in [4.78, 5) is 4.74. The molecule has 1 aliphatic heterocycles. The van der Waals surface area contributed by atoms with Crippen LogP contribution in [0.15, 0.2) is 12.3 Å². The smallest absolute Gasteiger partial charge is 0.0422 e. The molecule has 0 aromatic rings. The summed E-state index contributed by atoms with van der Waals surface area (Å²) >= 11 is 0. The van der Waals surface area contributed by atoms with Crippen molar-refractivity contribution in [1.82, 2.24) is 9.80 Å². The van der Waals surface area contributed by atoms with Crippen LogP contribution in [0.1, 0.15) is 20.3 Å². The molecule has 1 aliphatic rings. The molecule has 1 heterocycles. The van der Waals surface area contributed by atoms with Crippen LogP contribution >= 0.6 is 0 Å². The number of likely N-dealkylation sites (tertiary alicyclic amines) is 1. The average Bonchev–Trinajstić information content (AvgIpc) is 2.49. The molecule has 2 heteroatoms. The SMILES string of the molecule is C=C(C(C)C)N(C)C1CCN(C)C1. The Morgan fingerprint density at radius 1 is 1.54 bits per heavy atom. The van der Waals surface area contributed by atoms with Gasteiger partial charge < -0.3 is 9.80 Å². The fourth-order valence-electron chi connectivity index (χ4n) is 1.87. The van der Waals surface area contributed by atoms with E-state index in [1.807, 2.05) is 0 Å². The minimum Gasteiger partial charge on any atom is -0.374 e. The predicted octanol–water partition coefficient (Wildman–Crippen LogP) is 1.79. The molecule has 0 radical (unpaired) electrons. The van der Waals surface area contributed by atoms with E-state index in [1.54, 1.807) is 0 Å². The molecule has 0 N–H and O–H groups in total. The van der Waals surface area contributed by atoms with Crippen LogP contribution in [0.3, 0.4) is 0 Å². The minimum absolute atomic E-state index is 0.566. The highest BCUT2D eigenvalue weighted by Gasteiger charge is 2.24. The van der Waals surface area contributed by atoms with Crippen LogP contribution in [0.25, 0.3) is 0 Å². The van der Waals surface area contributed by atoms with E-state index in [9.17, 15) is 0 Å². The Bertz CT molecular complexity index is 187. The zero-order chi connectivity index (χ0) is 10.0.